The number of piperidine rings is 1. The lowest BCUT2D eigenvalue weighted by Gasteiger charge is -2.31. The SMILES string of the molecule is CCOC(=O)C1CCN(Cc2ccc(Cl)cc2Cl)CC1.O=C(O)C(=O)O. The minimum absolute atomic E-state index is 0.0480. The highest BCUT2D eigenvalue weighted by atomic mass is 35.5. The monoisotopic (exact) mass is 405 g/mol. The standard InChI is InChI=1S/C15H19Cl2NO2.C2H2O4/c1-2-20-15(19)11-5-7-18(8-6-11)10-12-3-4-13(16)9-14(12)17;3-1(4)2(5)6/h3-4,9,11H,2,5-8,10H2,1H3;(H,3,4)(H,5,6). The van der Waals surface area contributed by atoms with Crippen molar-refractivity contribution in [2.75, 3.05) is 19.7 Å². The number of carbonyl (C=O) groups is 3. The van der Waals surface area contributed by atoms with Crippen molar-refractivity contribution >= 4 is 41.1 Å². The predicted octanol–water partition coefficient (Wildman–Crippen LogP) is 2.92. The molecule has 9 heteroatoms. The van der Waals surface area contributed by atoms with Gasteiger partial charge in [-0.2, -0.15) is 0 Å². The number of carboxylic acids is 2. The van der Waals surface area contributed by atoms with E-state index in [4.69, 9.17) is 47.7 Å². The van der Waals surface area contributed by atoms with E-state index in [2.05, 4.69) is 4.90 Å². The number of carbonyl (C=O) groups excluding carboxylic acids is 1. The molecule has 144 valence electrons. The zero-order valence-corrected chi connectivity index (χ0v) is 15.8. The van der Waals surface area contributed by atoms with Crippen LogP contribution in [0.3, 0.4) is 0 Å². The summed E-state index contributed by atoms with van der Waals surface area (Å²) in [5.41, 5.74) is 1.07. The molecule has 7 nitrogen and oxygen atoms in total. The van der Waals surface area contributed by atoms with Crippen LogP contribution >= 0.6 is 23.2 Å². The summed E-state index contributed by atoms with van der Waals surface area (Å²) in [6, 6.07) is 5.58. The van der Waals surface area contributed by atoms with Crippen LogP contribution in [0.2, 0.25) is 10.0 Å². The molecule has 1 fully saturated rings. The number of esters is 1. The van der Waals surface area contributed by atoms with Gasteiger partial charge in [-0.15, -0.1) is 0 Å². The van der Waals surface area contributed by atoms with Gasteiger partial charge < -0.3 is 14.9 Å². The maximum atomic E-state index is 11.7. The molecule has 1 aromatic rings. The first-order chi connectivity index (χ1) is 12.2. The molecule has 0 spiro atoms. The van der Waals surface area contributed by atoms with Crippen LogP contribution in [0.5, 0.6) is 0 Å². The van der Waals surface area contributed by atoms with Crippen molar-refractivity contribution in [3.05, 3.63) is 33.8 Å². The van der Waals surface area contributed by atoms with Gasteiger partial charge in [-0.25, -0.2) is 9.59 Å². The molecule has 26 heavy (non-hydrogen) atoms. The van der Waals surface area contributed by atoms with Crippen molar-refractivity contribution in [3.63, 3.8) is 0 Å². The van der Waals surface area contributed by atoms with Crippen molar-refractivity contribution in [2.24, 2.45) is 5.92 Å². The summed E-state index contributed by atoms with van der Waals surface area (Å²) < 4.78 is 5.07. The van der Waals surface area contributed by atoms with Gasteiger partial charge in [-0.05, 0) is 50.6 Å². The molecule has 0 saturated carbocycles. The van der Waals surface area contributed by atoms with Crippen LogP contribution in [-0.2, 0) is 25.7 Å². The lowest BCUT2D eigenvalue weighted by molar-refractivity contribution is -0.159. The van der Waals surface area contributed by atoms with Crippen LogP contribution in [0.25, 0.3) is 0 Å². The largest absolute Gasteiger partial charge is 0.473 e. The van der Waals surface area contributed by atoms with Gasteiger partial charge in [-0.1, -0.05) is 29.3 Å². The Balaban J connectivity index is 0.000000487. The van der Waals surface area contributed by atoms with E-state index >= 15 is 0 Å². The van der Waals surface area contributed by atoms with Crippen molar-refractivity contribution in [3.8, 4) is 0 Å². The molecule has 0 amide bonds. The van der Waals surface area contributed by atoms with Gasteiger partial charge in [0.25, 0.3) is 0 Å². The summed E-state index contributed by atoms with van der Waals surface area (Å²) in [7, 11) is 0. The number of aliphatic carboxylic acids is 2. The number of rotatable bonds is 4. The highest BCUT2D eigenvalue weighted by Gasteiger charge is 2.26. The Morgan fingerprint density at radius 3 is 2.19 bits per heavy atom. The fraction of sp³-hybridized carbons (Fsp3) is 0.471. The maximum Gasteiger partial charge on any atom is 0.414 e. The van der Waals surface area contributed by atoms with E-state index in [1.807, 2.05) is 19.1 Å². The van der Waals surface area contributed by atoms with Gasteiger partial charge in [0.2, 0.25) is 0 Å². The van der Waals surface area contributed by atoms with Crippen LogP contribution in [0, 0.1) is 5.92 Å². The Morgan fingerprint density at radius 1 is 1.15 bits per heavy atom. The number of nitrogens with zero attached hydrogens (tertiary/aromatic N) is 1. The molecule has 0 atom stereocenters. The molecule has 1 heterocycles. The Morgan fingerprint density at radius 2 is 1.73 bits per heavy atom. The summed E-state index contributed by atoms with van der Waals surface area (Å²) in [5, 5.41) is 16.1. The van der Waals surface area contributed by atoms with E-state index in [0.717, 1.165) is 38.0 Å². The molecule has 1 aliphatic heterocycles. The summed E-state index contributed by atoms with van der Waals surface area (Å²) in [5.74, 6) is -3.66. The van der Waals surface area contributed by atoms with Crippen LogP contribution in [0.4, 0.5) is 0 Å². The molecule has 0 radical (unpaired) electrons. The molecule has 0 aliphatic carbocycles. The minimum atomic E-state index is -1.82. The second-order valence-electron chi connectivity index (χ2n) is 5.65. The van der Waals surface area contributed by atoms with Gasteiger partial charge in [0, 0.05) is 16.6 Å². The number of ether oxygens (including phenoxy) is 1. The molecular weight excluding hydrogens is 385 g/mol. The number of carboxylic acid groups (broad SMARTS) is 2. The third-order valence-corrected chi connectivity index (χ3v) is 4.39. The maximum absolute atomic E-state index is 11.7. The molecular formula is C17H21Cl2NO6. The third-order valence-electron chi connectivity index (χ3n) is 3.80. The van der Waals surface area contributed by atoms with E-state index in [0.29, 0.717) is 16.7 Å². The average molecular weight is 406 g/mol. The summed E-state index contributed by atoms with van der Waals surface area (Å²) in [6.45, 7) is 4.88. The molecule has 0 unspecified atom stereocenters. The van der Waals surface area contributed by atoms with Crippen molar-refractivity contribution < 1.29 is 29.3 Å². The highest BCUT2D eigenvalue weighted by molar-refractivity contribution is 6.35. The van der Waals surface area contributed by atoms with Gasteiger partial charge in [0.1, 0.15) is 0 Å². The zero-order chi connectivity index (χ0) is 19.7. The Labute approximate surface area is 161 Å². The summed E-state index contributed by atoms with van der Waals surface area (Å²) in [6.07, 6.45) is 1.70. The van der Waals surface area contributed by atoms with Crippen LogP contribution in [-0.4, -0.2) is 52.7 Å². The van der Waals surface area contributed by atoms with E-state index in [-0.39, 0.29) is 11.9 Å². The average Bonchev–Trinajstić information content (AvgIpc) is 2.58. The molecule has 1 aromatic carbocycles. The first-order valence-corrected chi connectivity index (χ1v) is 8.79. The van der Waals surface area contributed by atoms with Gasteiger partial charge in [-0.3, -0.25) is 9.69 Å². The molecule has 0 bridgehead atoms. The number of hydrogen-bond donors (Lipinski definition) is 2. The lowest BCUT2D eigenvalue weighted by Crippen LogP contribution is -2.36. The topological polar surface area (TPSA) is 104 Å². The minimum Gasteiger partial charge on any atom is -0.473 e. The van der Waals surface area contributed by atoms with E-state index < -0.39 is 11.9 Å². The lowest BCUT2D eigenvalue weighted by atomic mass is 9.96. The number of hydrogen-bond acceptors (Lipinski definition) is 5. The molecule has 1 saturated heterocycles. The second-order valence-corrected chi connectivity index (χ2v) is 6.49. The quantitative estimate of drug-likeness (QED) is 0.585. The smallest absolute Gasteiger partial charge is 0.414 e. The van der Waals surface area contributed by atoms with Crippen LogP contribution < -0.4 is 0 Å². The number of benzene rings is 1. The number of likely N-dealkylation sites (tertiary alicyclic amines) is 1. The van der Waals surface area contributed by atoms with Crippen LogP contribution in [0.15, 0.2) is 18.2 Å². The Hall–Kier alpha value is -1.83. The van der Waals surface area contributed by atoms with Gasteiger partial charge >= 0.3 is 17.9 Å². The van der Waals surface area contributed by atoms with Crippen molar-refractivity contribution in [1.82, 2.24) is 4.90 Å². The fourth-order valence-corrected chi connectivity index (χ4v) is 2.95. The van der Waals surface area contributed by atoms with Gasteiger partial charge in [0.15, 0.2) is 0 Å². The predicted molar refractivity (Wildman–Crippen MR) is 96.4 cm³/mol. The zero-order valence-electron chi connectivity index (χ0n) is 14.3. The first kappa shape index (κ1) is 22.2. The molecule has 1 aliphatic rings. The molecule has 2 rings (SSSR count). The van der Waals surface area contributed by atoms with Crippen molar-refractivity contribution in [1.29, 1.82) is 0 Å². The number of halogens is 2. The van der Waals surface area contributed by atoms with Gasteiger partial charge in [0.05, 0.1) is 12.5 Å². The third kappa shape index (κ3) is 7.59. The van der Waals surface area contributed by atoms with Crippen molar-refractivity contribution in [2.45, 2.75) is 26.3 Å². The molecule has 0 aromatic heterocycles. The Kier molecular flexibility index (Phi) is 9.40. The Bertz CT molecular complexity index is 632. The van der Waals surface area contributed by atoms with E-state index in [1.165, 1.54) is 0 Å². The normalized spacial score (nSPS) is 14.9. The summed E-state index contributed by atoms with van der Waals surface area (Å²) >= 11 is 12.1. The highest BCUT2D eigenvalue weighted by Crippen LogP contribution is 2.25. The molecule has 2 N–H and O–H groups in total. The fourth-order valence-electron chi connectivity index (χ4n) is 2.48. The van der Waals surface area contributed by atoms with Crippen LogP contribution in [0.1, 0.15) is 25.3 Å². The van der Waals surface area contributed by atoms with E-state index in [9.17, 15) is 4.79 Å². The summed E-state index contributed by atoms with van der Waals surface area (Å²) in [4.78, 5) is 32.2. The second kappa shape index (κ2) is 11.0. The van der Waals surface area contributed by atoms with E-state index in [1.54, 1.807) is 6.07 Å². The first-order valence-electron chi connectivity index (χ1n) is 8.03.